The Morgan fingerprint density at radius 3 is 2.47 bits per heavy atom. The summed E-state index contributed by atoms with van der Waals surface area (Å²) in [6, 6.07) is 17.2. The Bertz CT molecular complexity index is 1510. The van der Waals surface area contributed by atoms with Crippen LogP contribution in [0.25, 0.3) is 10.8 Å². The van der Waals surface area contributed by atoms with Crippen LogP contribution < -0.4 is 25.6 Å². The molecular formula is C32H38BrClN4O5. The molecule has 0 bridgehead atoms. The van der Waals surface area contributed by atoms with Crippen LogP contribution in [0.5, 0.6) is 5.75 Å². The quantitative estimate of drug-likeness (QED) is 0.355. The van der Waals surface area contributed by atoms with Crippen molar-refractivity contribution in [3.05, 3.63) is 64.6 Å². The lowest BCUT2D eigenvalue weighted by molar-refractivity contribution is -0.133. The van der Waals surface area contributed by atoms with Gasteiger partial charge in [-0.1, -0.05) is 40.2 Å². The Hall–Kier alpha value is -3.18. The molecule has 5 rings (SSSR count). The second-order valence-electron chi connectivity index (χ2n) is 11.2. The number of nitrogens with one attached hydrogen (secondary N) is 1. The molecule has 43 heavy (non-hydrogen) atoms. The third kappa shape index (κ3) is 6.38. The zero-order valence-corrected chi connectivity index (χ0v) is 27.0. The monoisotopic (exact) mass is 672 g/mol. The zero-order valence-electron chi connectivity index (χ0n) is 24.6. The number of rotatable bonds is 8. The number of amides is 3. The van der Waals surface area contributed by atoms with Gasteiger partial charge in [0.1, 0.15) is 11.3 Å². The summed E-state index contributed by atoms with van der Waals surface area (Å²) in [7, 11) is 3.21. The van der Waals surface area contributed by atoms with Gasteiger partial charge in [-0.2, -0.15) is 0 Å². The van der Waals surface area contributed by atoms with Gasteiger partial charge in [-0.15, -0.1) is 12.4 Å². The van der Waals surface area contributed by atoms with Crippen molar-refractivity contribution in [2.75, 3.05) is 43.7 Å². The van der Waals surface area contributed by atoms with E-state index in [0.29, 0.717) is 36.8 Å². The molecule has 2 heterocycles. The normalized spacial score (nSPS) is 18.8. The van der Waals surface area contributed by atoms with Gasteiger partial charge < -0.3 is 30.3 Å². The molecule has 2 aliphatic rings. The minimum Gasteiger partial charge on any atom is -0.496 e. The Kier molecular flexibility index (Phi) is 10.4. The van der Waals surface area contributed by atoms with Gasteiger partial charge in [0.25, 0.3) is 0 Å². The number of anilines is 2. The van der Waals surface area contributed by atoms with Crippen molar-refractivity contribution in [1.29, 1.82) is 0 Å². The van der Waals surface area contributed by atoms with E-state index in [1.54, 1.807) is 30.9 Å². The van der Waals surface area contributed by atoms with Gasteiger partial charge in [0, 0.05) is 36.2 Å². The maximum absolute atomic E-state index is 14.6. The average molecular weight is 674 g/mol. The predicted octanol–water partition coefficient (Wildman–Crippen LogP) is 4.81. The van der Waals surface area contributed by atoms with Crippen LogP contribution in [0.4, 0.5) is 11.4 Å². The maximum atomic E-state index is 14.6. The van der Waals surface area contributed by atoms with Crippen LogP contribution in [0.1, 0.15) is 31.7 Å². The third-order valence-corrected chi connectivity index (χ3v) is 9.31. The van der Waals surface area contributed by atoms with Crippen molar-refractivity contribution >= 4 is 68.2 Å². The molecule has 0 aliphatic carbocycles. The summed E-state index contributed by atoms with van der Waals surface area (Å²) in [6.07, 6.45) is 1.95. The number of methoxy groups -OCH3 is 1. The van der Waals surface area contributed by atoms with E-state index < -0.39 is 17.4 Å². The van der Waals surface area contributed by atoms with Gasteiger partial charge in [0.05, 0.1) is 30.9 Å². The average Bonchev–Trinajstić information content (AvgIpc) is 3.11. The van der Waals surface area contributed by atoms with Crippen LogP contribution in [0.3, 0.4) is 0 Å². The van der Waals surface area contributed by atoms with Crippen molar-refractivity contribution in [2.45, 2.75) is 38.3 Å². The van der Waals surface area contributed by atoms with Crippen LogP contribution in [0.15, 0.2) is 59.1 Å². The number of para-hydroxylation sites is 2. The molecule has 11 heteroatoms. The fourth-order valence-corrected chi connectivity index (χ4v) is 6.43. The molecule has 1 unspecified atom stereocenters. The van der Waals surface area contributed by atoms with Gasteiger partial charge in [-0.05, 0) is 73.8 Å². The lowest BCUT2D eigenvalue weighted by Crippen LogP contribution is -2.63. The largest absolute Gasteiger partial charge is 0.496 e. The molecule has 0 radical (unpaired) electrons. The summed E-state index contributed by atoms with van der Waals surface area (Å²) >= 11 is 3.55. The Balaban J connectivity index is 0.00000423. The maximum Gasteiger partial charge on any atom is 0.238 e. The molecule has 3 aromatic rings. The summed E-state index contributed by atoms with van der Waals surface area (Å²) in [6.45, 7) is 3.06. The third-order valence-electron chi connectivity index (χ3n) is 8.81. The molecule has 0 saturated carbocycles. The number of primary amides is 1. The van der Waals surface area contributed by atoms with E-state index in [1.165, 1.54) is 0 Å². The first-order valence-electron chi connectivity index (χ1n) is 14.2. The number of hydrogen-bond acceptors (Lipinski definition) is 6. The molecule has 0 aromatic heterocycles. The molecule has 230 valence electrons. The predicted molar refractivity (Wildman–Crippen MR) is 174 cm³/mol. The fourth-order valence-electron chi connectivity index (χ4n) is 6.05. The summed E-state index contributed by atoms with van der Waals surface area (Å²) in [4.78, 5) is 44.9. The molecule has 1 fully saturated rings. The summed E-state index contributed by atoms with van der Waals surface area (Å²) < 4.78 is 12.2. The first kappa shape index (κ1) is 32.7. The minimum atomic E-state index is -1.41. The molecule has 1 saturated heterocycles. The van der Waals surface area contributed by atoms with Gasteiger partial charge >= 0.3 is 0 Å². The number of halogens is 2. The van der Waals surface area contributed by atoms with Crippen molar-refractivity contribution in [3.63, 3.8) is 0 Å². The number of ether oxygens (including phenoxy) is 2. The van der Waals surface area contributed by atoms with Crippen LogP contribution in [0.2, 0.25) is 0 Å². The van der Waals surface area contributed by atoms with E-state index in [-0.39, 0.29) is 43.2 Å². The van der Waals surface area contributed by atoms with E-state index in [2.05, 4.69) is 21.2 Å². The highest BCUT2D eigenvalue weighted by Crippen LogP contribution is 2.40. The van der Waals surface area contributed by atoms with Crippen molar-refractivity contribution in [1.82, 2.24) is 5.32 Å². The number of fused-ring (bicyclic) bond motifs is 2. The van der Waals surface area contributed by atoms with Crippen molar-refractivity contribution < 1.29 is 23.9 Å². The van der Waals surface area contributed by atoms with Gasteiger partial charge in [-0.3, -0.25) is 14.4 Å². The van der Waals surface area contributed by atoms with Crippen molar-refractivity contribution in [3.8, 4) is 5.75 Å². The number of nitrogens with zero attached hydrogens (tertiary/aromatic N) is 2. The highest BCUT2D eigenvalue weighted by molar-refractivity contribution is 9.10. The lowest BCUT2D eigenvalue weighted by atomic mass is 9.83. The minimum absolute atomic E-state index is 0. The zero-order chi connectivity index (χ0) is 30.0. The van der Waals surface area contributed by atoms with Crippen LogP contribution in [-0.2, 0) is 25.7 Å². The molecule has 2 aliphatic heterocycles. The second-order valence-corrected chi connectivity index (χ2v) is 12.1. The molecule has 3 amide bonds. The Labute approximate surface area is 266 Å². The molecule has 2 atom stereocenters. The number of hydrogen-bond donors (Lipinski definition) is 2. The molecule has 9 nitrogen and oxygen atoms in total. The van der Waals surface area contributed by atoms with Gasteiger partial charge in [-0.25, -0.2) is 0 Å². The van der Waals surface area contributed by atoms with E-state index in [9.17, 15) is 14.4 Å². The smallest absolute Gasteiger partial charge is 0.238 e. The lowest BCUT2D eigenvalue weighted by Gasteiger charge is -2.36. The topological polar surface area (TPSA) is 114 Å². The highest BCUT2D eigenvalue weighted by atomic mass is 79.9. The standard InChI is InChI=1S/C32H37BrN4O5.ClH/c1-32(35-2,31(34)40)25-19-36(29(38)16-20-12-14-42-15-13-20)26-6-4-5-7-27(26)37(30(25)39)18-24-23-10-9-22(33)17-21(23)8-11-28(24)41-3;/h4-11,17,20,25,35H,12-16,18-19H2,1-3H3,(H2,34,40);1H/t25-,32?;/m1./s1. The van der Waals surface area contributed by atoms with Crippen LogP contribution in [0, 0.1) is 11.8 Å². The second kappa shape index (κ2) is 13.6. The number of benzene rings is 3. The Morgan fingerprint density at radius 1 is 1.12 bits per heavy atom. The molecule has 3 aromatic carbocycles. The Morgan fingerprint density at radius 2 is 1.81 bits per heavy atom. The first-order chi connectivity index (χ1) is 20.2. The summed E-state index contributed by atoms with van der Waals surface area (Å²) in [5.74, 6) is -1.20. The summed E-state index contributed by atoms with van der Waals surface area (Å²) in [5.41, 5.74) is 6.53. The highest BCUT2D eigenvalue weighted by Gasteiger charge is 2.48. The number of nitrogens with two attached hydrogens (primary N) is 1. The number of carbonyl (C=O) groups excluding carboxylic acids is 3. The van der Waals surface area contributed by atoms with Gasteiger partial charge in [0.2, 0.25) is 17.7 Å². The van der Waals surface area contributed by atoms with E-state index in [1.807, 2.05) is 54.6 Å². The fraction of sp³-hybridized carbons (Fsp3) is 0.406. The molecule has 3 N–H and O–H groups in total. The van der Waals surface area contributed by atoms with E-state index in [0.717, 1.165) is 33.7 Å². The SMILES string of the molecule is CNC(C)(C(N)=O)[C@@H]1CN(C(=O)CC2CCOCC2)c2ccccc2N(Cc2c(OC)ccc3cc(Br)ccc23)C1=O.Cl. The number of likely N-dealkylation sites (N-methyl/N-ethyl adjacent to an activating group) is 1. The van der Waals surface area contributed by atoms with Crippen molar-refractivity contribution in [2.24, 2.45) is 17.6 Å². The van der Waals surface area contributed by atoms with Crippen LogP contribution in [-0.4, -0.2) is 57.2 Å². The molecule has 0 spiro atoms. The summed E-state index contributed by atoms with van der Waals surface area (Å²) in [5, 5.41) is 4.93. The van der Waals surface area contributed by atoms with E-state index >= 15 is 0 Å². The first-order valence-corrected chi connectivity index (χ1v) is 15.0. The number of carbonyl (C=O) groups is 3. The van der Waals surface area contributed by atoms with E-state index in [4.69, 9.17) is 15.2 Å². The van der Waals surface area contributed by atoms with Crippen LogP contribution >= 0.6 is 28.3 Å². The molecular weight excluding hydrogens is 636 g/mol. The van der Waals surface area contributed by atoms with Gasteiger partial charge in [0.15, 0.2) is 0 Å².